The first kappa shape index (κ1) is 31.4. The number of carbonyl (C=O) groups is 1. The lowest BCUT2D eigenvalue weighted by molar-refractivity contribution is -0.928. The lowest BCUT2D eigenvalue weighted by atomic mass is 10.2. The normalized spacial score (nSPS) is 13.0. The highest BCUT2D eigenvalue weighted by molar-refractivity contribution is 7.86. The third-order valence-electron chi connectivity index (χ3n) is 5.35. The van der Waals surface area contributed by atoms with Gasteiger partial charge in [-0.25, -0.2) is 8.42 Å². The molecule has 0 bridgehead atoms. The van der Waals surface area contributed by atoms with Crippen molar-refractivity contribution in [1.29, 1.82) is 0 Å². The molecule has 0 atom stereocenters. The lowest BCUT2D eigenvalue weighted by Crippen LogP contribution is -2.52. The predicted molar refractivity (Wildman–Crippen MR) is 126 cm³/mol. The quantitative estimate of drug-likeness (QED) is 0.147. The Hall–Kier alpha value is -1.62. The highest BCUT2D eigenvalue weighted by Gasteiger charge is 2.28. The molecule has 0 unspecified atom stereocenters. The second-order valence-corrected chi connectivity index (χ2v) is 13.0. The molecule has 0 aromatic heterocycles. The van der Waals surface area contributed by atoms with E-state index in [1.165, 1.54) is 0 Å². The number of hydrogen-bond donors (Lipinski definition) is 2. The number of benzene rings is 1. The molecular weight excluding hydrogens is 526 g/mol. The van der Waals surface area contributed by atoms with Gasteiger partial charge in [-0.3, -0.25) is 13.9 Å². The maximum absolute atomic E-state index is 12.2. The number of carbonyl (C=O) groups excluding carboxylic acids is 1. The first-order chi connectivity index (χ1) is 16.1. The van der Waals surface area contributed by atoms with Crippen LogP contribution >= 0.6 is 0 Å². The number of esters is 1. The first-order valence-electron chi connectivity index (χ1n) is 11.0. The molecule has 12 nitrogen and oxygen atoms in total. The van der Waals surface area contributed by atoms with Crippen LogP contribution in [0.2, 0.25) is 0 Å². The molecule has 0 aliphatic heterocycles. The third kappa shape index (κ3) is 16.6. The van der Waals surface area contributed by atoms with Gasteiger partial charge < -0.3 is 13.8 Å². The van der Waals surface area contributed by atoms with Crippen LogP contribution in [0.15, 0.2) is 30.3 Å². The van der Waals surface area contributed by atoms with Crippen LogP contribution in [0.1, 0.15) is 37.7 Å². The fraction of sp³-hybridized carbons (Fsp3) is 0.650. The molecule has 0 saturated carbocycles. The average Bonchev–Trinajstić information content (AvgIpc) is 2.70. The molecule has 0 heterocycles. The van der Waals surface area contributed by atoms with E-state index < -0.39 is 53.6 Å². The van der Waals surface area contributed by atoms with Gasteiger partial charge in [0.05, 0.1) is 54.2 Å². The molecule has 0 saturated heterocycles. The molecule has 1 aromatic carbocycles. The fourth-order valence-electron chi connectivity index (χ4n) is 3.78. The Morgan fingerprint density at radius 3 is 1.69 bits per heavy atom. The van der Waals surface area contributed by atoms with E-state index in [2.05, 4.69) is 0 Å². The standard InChI is InChI=1S/C20H33NO11S3/c22-20(32-18-19-8-2-1-3-9-19)10-4-11-21(12-5-15-33(23,24)25,13-6-16-34(26,27)28)14-7-17-35(29,30)31/h1-3,8-9H,4-7,10-18H2,(H2-,23,24,25,26,27,28,29,30,31). The largest absolute Gasteiger partial charge is 0.748 e. The van der Waals surface area contributed by atoms with Gasteiger partial charge in [-0.2, -0.15) is 16.8 Å². The average molecular weight is 560 g/mol. The van der Waals surface area contributed by atoms with Gasteiger partial charge in [0.25, 0.3) is 20.2 Å². The summed E-state index contributed by atoms with van der Waals surface area (Å²) in [5.41, 5.74) is 0.806. The SMILES string of the molecule is O=C(CCC[N+](CCCS(=O)(=O)[O-])(CCCS(=O)(=O)O)CCCS(=O)(=O)O)OCc1ccccc1. The van der Waals surface area contributed by atoms with Gasteiger partial charge in [0, 0.05) is 31.4 Å². The van der Waals surface area contributed by atoms with Crippen molar-refractivity contribution in [2.45, 2.75) is 38.7 Å². The van der Waals surface area contributed by atoms with Crippen molar-refractivity contribution in [3.05, 3.63) is 35.9 Å². The maximum atomic E-state index is 12.2. The Balaban J connectivity index is 2.86. The number of quaternary nitrogens is 1. The highest BCUT2D eigenvalue weighted by atomic mass is 32.2. The van der Waals surface area contributed by atoms with Gasteiger partial charge in [-0.1, -0.05) is 30.3 Å². The predicted octanol–water partition coefficient (Wildman–Crippen LogP) is 0.818. The van der Waals surface area contributed by atoms with E-state index in [0.717, 1.165) is 5.56 Å². The molecule has 202 valence electrons. The van der Waals surface area contributed by atoms with Crippen LogP contribution < -0.4 is 0 Å². The molecule has 0 aliphatic carbocycles. The fourth-order valence-corrected chi connectivity index (χ4v) is 5.25. The molecule has 1 aromatic rings. The van der Waals surface area contributed by atoms with Crippen molar-refractivity contribution >= 4 is 36.3 Å². The zero-order valence-corrected chi connectivity index (χ0v) is 21.8. The number of rotatable bonds is 18. The van der Waals surface area contributed by atoms with Crippen LogP contribution in [-0.4, -0.2) is 92.8 Å². The van der Waals surface area contributed by atoms with E-state index in [4.69, 9.17) is 13.8 Å². The molecule has 0 spiro atoms. The molecule has 0 radical (unpaired) electrons. The van der Waals surface area contributed by atoms with Gasteiger partial charge in [-0.15, -0.1) is 0 Å². The van der Waals surface area contributed by atoms with Crippen LogP contribution in [0.4, 0.5) is 0 Å². The second kappa shape index (κ2) is 14.2. The van der Waals surface area contributed by atoms with Gasteiger partial charge in [0.1, 0.15) is 6.61 Å². The van der Waals surface area contributed by atoms with Crippen molar-refractivity contribution in [2.24, 2.45) is 0 Å². The zero-order valence-electron chi connectivity index (χ0n) is 19.3. The zero-order chi connectivity index (χ0) is 26.6. The number of nitrogens with zero attached hydrogens (tertiary/aromatic N) is 1. The van der Waals surface area contributed by atoms with Crippen molar-refractivity contribution < 1.29 is 52.9 Å². The summed E-state index contributed by atoms with van der Waals surface area (Å²) in [6.07, 6.45) is 0.154. The van der Waals surface area contributed by atoms with Gasteiger partial charge in [0.2, 0.25) is 0 Å². The van der Waals surface area contributed by atoms with Crippen LogP contribution in [0.25, 0.3) is 0 Å². The minimum atomic E-state index is -4.51. The van der Waals surface area contributed by atoms with Crippen LogP contribution in [0, 0.1) is 0 Å². The van der Waals surface area contributed by atoms with Crippen LogP contribution in [-0.2, 0) is 46.5 Å². The highest BCUT2D eigenvalue weighted by Crippen LogP contribution is 2.16. The third-order valence-corrected chi connectivity index (χ3v) is 7.75. The van der Waals surface area contributed by atoms with Crippen molar-refractivity contribution in [1.82, 2.24) is 0 Å². The monoisotopic (exact) mass is 559 g/mol. The summed E-state index contributed by atoms with van der Waals surface area (Å²) < 4.78 is 101. The van der Waals surface area contributed by atoms with Crippen LogP contribution in [0.3, 0.4) is 0 Å². The molecule has 0 amide bonds. The summed E-state index contributed by atoms with van der Waals surface area (Å²) in [7, 11) is -13.0. The Bertz CT molecular complexity index is 1010. The number of hydrogen-bond acceptors (Lipinski definition) is 9. The Labute approximate surface area is 207 Å². The minimum absolute atomic E-state index is 0.00326. The molecule has 0 fully saturated rings. The Morgan fingerprint density at radius 2 is 1.23 bits per heavy atom. The summed E-state index contributed by atoms with van der Waals surface area (Å²) in [6, 6.07) is 9.02. The van der Waals surface area contributed by atoms with Gasteiger partial charge in [0.15, 0.2) is 0 Å². The molecule has 0 aliphatic rings. The van der Waals surface area contributed by atoms with Gasteiger partial charge >= 0.3 is 5.97 Å². The van der Waals surface area contributed by atoms with Crippen molar-refractivity contribution in [3.8, 4) is 0 Å². The topological polar surface area (TPSA) is 192 Å². The van der Waals surface area contributed by atoms with Crippen LogP contribution in [0.5, 0.6) is 0 Å². The maximum Gasteiger partial charge on any atom is 0.306 e. The van der Waals surface area contributed by atoms with E-state index in [9.17, 15) is 34.6 Å². The van der Waals surface area contributed by atoms with Gasteiger partial charge in [-0.05, 0) is 5.56 Å². The van der Waals surface area contributed by atoms with E-state index >= 15 is 0 Å². The summed E-state index contributed by atoms with van der Waals surface area (Å²) in [5, 5.41) is 0. The van der Waals surface area contributed by atoms with E-state index in [0.29, 0.717) is 0 Å². The lowest BCUT2D eigenvalue weighted by Gasteiger charge is -2.39. The molecule has 1 rings (SSSR count). The van der Waals surface area contributed by atoms with Crippen molar-refractivity contribution in [2.75, 3.05) is 43.4 Å². The second-order valence-electron chi connectivity index (χ2n) is 8.38. The summed E-state index contributed by atoms with van der Waals surface area (Å²) in [6.45, 7) is 0.643. The van der Waals surface area contributed by atoms with E-state index in [-0.39, 0.29) is 69.4 Å². The Kier molecular flexibility index (Phi) is 12.7. The molecular formula is C20H33NO11S3. The Morgan fingerprint density at radius 1 is 0.771 bits per heavy atom. The summed E-state index contributed by atoms with van der Waals surface area (Å²) in [5.74, 6) is -2.28. The minimum Gasteiger partial charge on any atom is -0.748 e. The van der Waals surface area contributed by atoms with Crippen molar-refractivity contribution in [3.63, 3.8) is 0 Å². The molecule has 2 N–H and O–H groups in total. The number of ether oxygens (including phenoxy) is 1. The molecule has 15 heteroatoms. The van der Waals surface area contributed by atoms with E-state index in [1.54, 1.807) is 24.3 Å². The summed E-state index contributed by atoms with van der Waals surface area (Å²) >= 11 is 0. The summed E-state index contributed by atoms with van der Waals surface area (Å²) in [4.78, 5) is 12.2. The smallest absolute Gasteiger partial charge is 0.306 e. The first-order valence-corrected chi connectivity index (χ1v) is 15.8. The molecule has 35 heavy (non-hydrogen) atoms. The van der Waals surface area contributed by atoms with E-state index in [1.807, 2.05) is 6.07 Å².